The van der Waals surface area contributed by atoms with Crippen molar-refractivity contribution < 1.29 is 13.9 Å². The summed E-state index contributed by atoms with van der Waals surface area (Å²) < 4.78 is 18.6. The first-order valence-electron chi connectivity index (χ1n) is 5.67. The number of nitrogens with zero attached hydrogens (tertiary/aromatic N) is 1. The first-order chi connectivity index (χ1) is 9.11. The van der Waals surface area contributed by atoms with Gasteiger partial charge in [-0.05, 0) is 30.7 Å². The van der Waals surface area contributed by atoms with Gasteiger partial charge in [-0.3, -0.25) is 9.78 Å². The van der Waals surface area contributed by atoms with Gasteiger partial charge in [0.2, 0.25) is 0 Å². The van der Waals surface area contributed by atoms with Gasteiger partial charge in [0.15, 0.2) is 0 Å². The Labute approximate surface area is 110 Å². The van der Waals surface area contributed by atoms with E-state index >= 15 is 0 Å². The number of methoxy groups -OCH3 is 1. The third kappa shape index (κ3) is 2.88. The van der Waals surface area contributed by atoms with Crippen LogP contribution < -0.4 is 10.1 Å². The van der Waals surface area contributed by atoms with E-state index in [0.717, 1.165) is 5.56 Å². The van der Waals surface area contributed by atoms with Crippen molar-refractivity contribution in [2.24, 2.45) is 0 Å². The number of benzene rings is 1. The molecule has 1 heterocycles. The zero-order valence-corrected chi connectivity index (χ0v) is 10.6. The molecule has 0 saturated carbocycles. The summed E-state index contributed by atoms with van der Waals surface area (Å²) in [4.78, 5) is 15.9. The van der Waals surface area contributed by atoms with Crippen LogP contribution in [-0.4, -0.2) is 18.0 Å². The fraction of sp³-hybridized carbons (Fsp3) is 0.143. The van der Waals surface area contributed by atoms with Crippen LogP contribution in [0.4, 0.5) is 10.1 Å². The maximum Gasteiger partial charge on any atom is 0.258 e. The predicted octanol–water partition coefficient (Wildman–Crippen LogP) is 2.79. The molecule has 4 nitrogen and oxygen atoms in total. The molecule has 2 aromatic rings. The van der Waals surface area contributed by atoms with Crippen molar-refractivity contribution in [3.8, 4) is 5.75 Å². The molecule has 19 heavy (non-hydrogen) atoms. The standard InChI is InChI=1S/C14H13FN2O2/c1-9-5-6-16-8-13(9)17-14(18)11-4-3-10(19-2)7-12(11)15/h3-8H,1-2H3,(H,17,18). The van der Waals surface area contributed by atoms with Gasteiger partial charge in [-0.25, -0.2) is 4.39 Å². The Kier molecular flexibility index (Phi) is 3.75. The smallest absolute Gasteiger partial charge is 0.258 e. The Balaban J connectivity index is 2.23. The second kappa shape index (κ2) is 5.48. The number of pyridine rings is 1. The lowest BCUT2D eigenvalue weighted by Gasteiger charge is -2.08. The van der Waals surface area contributed by atoms with E-state index in [1.807, 2.05) is 6.92 Å². The number of nitrogens with one attached hydrogen (secondary N) is 1. The third-order valence-electron chi connectivity index (χ3n) is 2.71. The predicted molar refractivity (Wildman–Crippen MR) is 69.9 cm³/mol. The number of hydrogen-bond donors (Lipinski definition) is 1. The molecule has 98 valence electrons. The number of amides is 1. The van der Waals surface area contributed by atoms with E-state index < -0.39 is 11.7 Å². The Bertz CT molecular complexity index is 614. The van der Waals surface area contributed by atoms with Crippen molar-refractivity contribution in [3.63, 3.8) is 0 Å². The van der Waals surface area contributed by atoms with Crippen LogP contribution in [0, 0.1) is 12.7 Å². The number of halogens is 1. The lowest BCUT2D eigenvalue weighted by molar-refractivity contribution is 0.102. The van der Waals surface area contributed by atoms with Crippen LogP contribution in [0.1, 0.15) is 15.9 Å². The Morgan fingerprint density at radius 3 is 2.79 bits per heavy atom. The minimum atomic E-state index is -0.626. The highest BCUT2D eigenvalue weighted by Crippen LogP contribution is 2.18. The summed E-state index contributed by atoms with van der Waals surface area (Å²) in [5.74, 6) is -0.777. The zero-order valence-electron chi connectivity index (χ0n) is 10.6. The van der Waals surface area contributed by atoms with Gasteiger partial charge >= 0.3 is 0 Å². The van der Waals surface area contributed by atoms with Gasteiger partial charge in [0.1, 0.15) is 11.6 Å². The lowest BCUT2D eigenvalue weighted by atomic mass is 10.1. The number of carbonyl (C=O) groups excluding carboxylic acids is 1. The van der Waals surface area contributed by atoms with Gasteiger partial charge in [0, 0.05) is 12.3 Å². The van der Waals surface area contributed by atoms with Crippen LogP contribution in [0.3, 0.4) is 0 Å². The Morgan fingerprint density at radius 2 is 2.16 bits per heavy atom. The van der Waals surface area contributed by atoms with Crippen LogP contribution in [0.2, 0.25) is 0 Å². The number of carbonyl (C=O) groups is 1. The summed E-state index contributed by atoms with van der Waals surface area (Å²) in [6.07, 6.45) is 3.15. The average molecular weight is 260 g/mol. The largest absolute Gasteiger partial charge is 0.497 e. The monoisotopic (exact) mass is 260 g/mol. The van der Waals surface area contributed by atoms with E-state index in [1.165, 1.54) is 31.5 Å². The summed E-state index contributed by atoms with van der Waals surface area (Å²) >= 11 is 0. The first-order valence-corrected chi connectivity index (χ1v) is 5.67. The van der Waals surface area contributed by atoms with Crippen molar-refractivity contribution >= 4 is 11.6 Å². The molecule has 0 radical (unpaired) electrons. The first kappa shape index (κ1) is 13.0. The molecule has 5 heteroatoms. The Morgan fingerprint density at radius 1 is 1.37 bits per heavy atom. The van der Waals surface area contributed by atoms with Crippen LogP contribution in [0.15, 0.2) is 36.7 Å². The van der Waals surface area contributed by atoms with E-state index in [1.54, 1.807) is 12.3 Å². The summed E-state index contributed by atoms with van der Waals surface area (Å²) in [7, 11) is 1.44. The SMILES string of the molecule is COc1ccc(C(=O)Nc2cnccc2C)c(F)c1. The summed E-state index contributed by atoms with van der Waals surface area (Å²) in [5, 5.41) is 2.62. The average Bonchev–Trinajstić information content (AvgIpc) is 2.41. The molecule has 1 aromatic heterocycles. The van der Waals surface area contributed by atoms with Crippen LogP contribution in [0.25, 0.3) is 0 Å². The van der Waals surface area contributed by atoms with Crippen molar-refractivity contribution in [2.75, 3.05) is 12.4 Å². The highest BCUT2D eigenvalue weighted by atomic mass is 19.1. The second-order valence-corrected chi connectivity index (χ2v) is 3.99. The molecule has 1 N–H and O–H groups in total. The highest BCUT2D eigenvalue weighted by Gasteiger charge is 2.13. The molecule has 0 atom stereocenters. The van der Waals surface area contributed by atoms with Gasteiger partial charge in [-0.2, -0.15) is 0 Å². The number of aryl methyl sites for hydroxylation is 1. The fourth-order valence-corrected chi connectivity index (χ4v) is 1.59. The van der Waals surface area contributed by atoms with Crippen LogP contribution in [-0.2, 0) is 0 Å². The van der Waals surface area contributed by atoms with Gasteiger partial charge in [-0.15, -0.1) is 0 Å². The van der Waals surface area contributed by atoms with E-state index in [4.69, 9.17) is 4.74 Å². The maximum atomic E-state index is 13.7. The molecule has 2 rings (SSSR count). The van der Waals surface area contributed by atoms with E-state index in [-0.39, 0.29) is 5.56 Å². The highest BCUT2D eigenvalue weighted by molar-refractivity contribution is 6.04. The fourth-order valence-electron chi connectivity index (χ4n) is 1.59. The summed E-state index contributed by atoms with van der Waals surface area (Å²) in [6, 6.07) is 5.86. The molecular weight excluding hydrogens is 247 g/mol. The second-order valence-electron chi connectivity index (χ2n) is 3.99. The Hall–Kier alpha value is -2.43. The van der Waals surface area contributed by atoms with Crippen molar-refractivity contribution in [1.82, 2.24) is 4.98 Å². The molecule has 0 fully saturated rings. The normalized spacial score (nSPS) is 10.1. The number of anilines is 1. The molecule has 0 aliphatic heterocycles. The number of ether oxygens (including phenoxy) is 1. The number of rotatable bonds is 3. The van der Waals surface area contributed by atoms with Crippen LogP contribution >= 0.6 is 0 Å². The molecule has 0 spiro atoms. The molecule has 0 aliphatic carbocycles. The van der Waals surface area contributed by atoms with Crippen molar-refractivity contribution in [3.05, 3.63) is 53.6 Å². The summed E-state index contributed by atoms with van der Waals surface area (Å²) in [5.41, 5.74) is 1.38. The van der Waals surface area contributed by atoms with E-state index in [0.29, 0.717) is 11.4 Å². The van der Waals surface area contributed by atoms with E-state index in [2.05, 4.69) is 10.3 Å². The minimum absolute atomic E-state index is 0.0379. The number of aromatic nitrogens is 1. The molecule has 1 aromatic carbocycles. The van der Waals surface area contributed by atoms with Crippen molar-refractivity contribution in [1.29, 1.82) is 0 Å². The molecule has 0 bridgehead atoms. The van der Waals surface area contributed by atoms with Gasteiger partial charge in [-0.1, -0.05) is 0 Å². The molecular formula is C14H13FN2O2. The quantitative estimate of drug-likeness (QED) is 0.923. The topological polar surface area (TPSA) is 51.2 Å². The molecule has 1 amide bonds. The summed E-state index contributed by atoms with van der Waals surface area (Å²) in [6.45, 7) is 1.83. The van der Waals surface area contributed by atoms with Gasteiger partial charge in [0.25, 0.3) is 5.91 Å². The number of hydrogen-bond acceptors (Lipinski definition) is 3. The maximum absolute atomic E-state index is 13.7. The molecule has 0 aliphatic rings. The van der Waals surface area contributed by atoms with Gasteiger partial charge < -0.3 is 10.1 Å². The lowest BCUT2D eigenvalue weighted by Crippen LogP contribution is -2.14. The third-order valence-corrected chi connectivity index (χ3v) is 2.71. The van der Waals surface area contributed by atoms with Crippen LogP contribution in [0.5, 0.6) is 5.75 Å². The molecule has 0 saturated heterocycles. The minimum Gasteiger partial charge on any atom is -0.497 e. The van der Waals surface area contributed by atoms with E-state index in [9.17, 15) is 9.18 Å². The zero-order chi connectivity index (χ0) is 13.8. The van der Waals surface area contributed by atoms with Crippen molar-refractivity contribution in [2.45, 2.75) is 6.92 Å². The molecule has 0 unspecified atom stereocenters. The van der Waals surface area contributed by atoms with Gasteiger partial charge in [0.05, 0.1) is 24.6 Å².